The zero-order valence-electron chi connectivity index (χ0n) is 17.0. The van der Waals surface area contributed by atoms with Crippen LogP contribution in [0.2, 0.25) is 0 Å². The first-order valence-electron chi connectivity index (χ1n) is 10.7. The van der Waals surface area contributed by atoms with Crippen LogP contribution in [0.3, 0.4) is 0 Å². The molecule has 154 valence electrons. The number of ether oxygens (including phenoxy) is 1. The van der Waals surface area contributed by atoms with Crippen LogP contribution < -0.4 is 5.32 Å². The predicted molar refractivity (Wildman–Crippen MR) is 110 cm³/mol. The third kappa shape index (κ3) is 4.82. The third-order valence-electron chi connectivity index (χ3n) is 6.30. The topological polar surface area (TPSA) is 60.9 Å². The summed E-state index contributed by atoms with van der Waals surface area (Å²) in [4.78, 5) is 24.2. The van der Waals surface area contributed by atoms with Crippen LogP contribution in [0.25, 0.3) is 0 Å². The number of anilines is 1. The number of likely N-dealkylation sites (N-methyl/N-ethyl adjacent to an activating group) is 1. The van der Waals surface area contributed by atoms with E-state index in [0.717, 1.165) is 64.6 Å². The van der Waals surface area contributed by atoms with Gasteiger partial charge in [-0.15, -0.1) is 0 Å². The number of piperidine rings is 2. The summed E-state index contributed by atoms with van der Waals surface area (Å²) in [6, 6.07) is 4.89. The molecule has 0 saturated carbocycles. The minimum Gasteiger partial charge on any atom is -0.379 e. The van der Waals surface area contributed by atoms with Crippen molar-refractivity contribution in [3.63, 3.8) is 0 Å². The van der Waals surface area contributed by atoms with Crippen molar-refractivity contribution >= 4 is 11.7 Å². The molecule has 4 heterocycles. The van der Waals surface area contributed by atoms with Gasteiger partial charge in [-0.1, -0.05) is 0 Å². The van der Waals surface area contributed by atoms with Gasteiger partial charge in [-0.2, -0.15) is 0 Å². The van der Waals surface area contributed by atoms with E-state index in [9.17, 15) is 4.79 Å². The molecule has 3 aliphatic rings. The Hall–Kier alpha value is -1.70. The lowest BCUT2D eigenvalue weighted by Gasteiger charge is -2.40. The van der Waals surface area contributed by atoms with E-state index in [4.69, 9.17) is 4.74 Å². The summed E-state index contributed by atoms with van der Waals surface area (Å²) in [5, 5.41) is 3.51. The average molecular weight is 388 g/mol. The monoisotopic (exact) mass is 387 g/mol. The van der Waals surface area contributed by atoms with Crippen LogP contribution in [0.5, 0.6) is 0 Å². The maximum Gasteiger partial charge on any atom is 0.255 e. The van der Waals surface area contributed by atoms with E-state index in [-0.39, 0.29) is 5.91 Å². The largest absolute Gasteiger partial charge is 0.379 e. The molecular formula is C21H33N5O2. The SMILES string of the molecule is CN1CCC[C@@H](Nc2ccc(C(=O)N3CCC(N4CCOCC4)CC3)cn2)C1. The molecule has 1 atom stereocenters. The smallest absolute Gasteiger partial charge is 0.255 e. The highest BCUT2D eigenvalue weighted by Gasteiger charge is 2.28. The fraction of sp³-hybridized carbons (Fsp3) is 0.714. The molecule has 7 heteroatoms. The van der Waals surface area contributed by atoms with Gasteiger partial charge in [-0.25, -0.2) is 4.98 Å². The summed E-state index contributed by atoms with van der Waals surface area (Å²) in [5.41, 5.74) is 0.691. The normalized spacial score (nSPS) is 25.6. The number of nitrogens with one attached hydrogen (secondary N) is 1. The number of amides is 1. The highest BCUT2D eigenvalue weighted by atomic mass is 16.5. The molecule has 28 heavy (non-hydrogen) atoms. The van der Waals surface area contributed by atoms with Crippen LogP contribution in [0, 0.1) is 0 Å². The minimum atomic E-state index is 0.108. The van der Waals surface area contributed by atoms with Gasteiger partial charge in [0.15, 0.2) is 0 Å². The van der Waals surface area contributed by atoms with Gasteiger partial charge in [0.05, 0.1) is 18.8 Å². The van der Waals surface area contributed by atoms with Crippen LogP contribution in [0.15, 0.2) is 18.3 Å². The number of carbonyl (C=O) groups excluding carboxylic acids is 1. The quantitative estimate of drug-likeness (QED) is 0.845. The van der Waals surface area contributed by atoms with E-state index in [0.29, 0.717) is 17.6 Å². The van der Waals surface area contributed by atoms with E-state index in [2.05, 4.69) is 27.1 Å². The summed E-state index contributed by atoms with van der Waals surface area (Å²) in [5.74, 6) is 0.972. The van der Waals surface area contributed by atoms with E-state index >= 15 is 0 Å². The summed E-state index contributed by atoms with van der Waals surface area (Å²) in [7, 11) is 2.16. The van der Waals surface area contributed by atoms with Crippen molar-refractivity contribution in [3.8, 4) is 0 Å². The third-order valence-corrected chi connectivity index (χ3v) is 6.30. The van der Waals surface area contributed by atoms with Crippen LogP contribution >= 0.6 is 0 Å². The second-order valence-electron chi connectivity index (χ2n) is 8.35. The molecular weight excluding hydrogens is 354 g/mol. The zero-order valence-corrected chi connectivity index (χ0v) is 17.0. The van der Waals surface area contributed by atoms with Gasteiger partial charge in [0.1, 0.15) is 5.82 Å². The van der Waals surface area contributed by atoms with Crippen LogP contribution in [0.1, 0.15) is 36.0 Å². The Kier molecular flexibility index (Phi) is 6.44. The van der Waals surface area contributed by atoms with Crippen molar-refractivity contribution in [1.29, 1.82) is 0 Å². The first kappa shape index (κ1) is 19.6. The summed E-state index contributed by atoms with van der Waals surface area (Å²) >= 11 is 0. The predicted octanol–water partition coefficient (Wildman–Crippen LogP) is 1.52. The van der Waals surface area contributed by atoms with Crippen LogP contribution in [0.4, 0.5) is 5.82 Å². The summed E-state index contributed by atoms with van der Waals surface area (Å²) in [6.45, 7) is 7.58. The summed E-state index contributed by atoms with van der Waals surface area (Å²) in [6.07, 6.45) is 6.21. The molecule has 3 aliphatic heterocycles. The first-order valence-corrected chi connectivity index (χ1v) is 10.7. The van der Waals surface area contributed by atoms with Crippen molar-refractivity contribution in [3.05, 3.63) is 23.9 Å². The van der Waals surface area contributed by atoms with Crippen molar-refractivity contribution in [2.45, 2.75) is 37.8 Å². The second kappa shape index (κ2) is 9.20. The molecule has 1 aromatic heterocycles. The molecule has 3 fully saturated rings. The number of morpholine rings is 1. The lowest BCUT2D eigenvalue weighted by atomic mass is 10.0. The number of carbonyl (C=O) groups is 1. The summed E-state index contributed by atoms with van der Waals surface area (Å²) < 4.78 is 5.45. The Balaban J connectivity index is 1.27. The van der Waals surface area contributed by atoms with Crippen LogP contribution in [-0.2, 0) is 4.74 Å². The molecule has 0 aliphatic carbocycles. The molecule has 1 amide bonds. The van der Waals surface area contributed by atoms with Gasteiger partial charge >= 0.3 is 0 Å². The molecule has 0 bridgehead atoms. The standard InChI is InChI=1S/C21H33N5O2/c1-24-8-2-3-18(16-24)23-20-5-4-17(15-22-20)21(27)26-9-6-19(7-10-26)25-11-13-28-14-12-25/h4-5,15,18-19H,2-3,6-14,16H2,1H3,(H,22,23)/t18-/m1/s1. The van der Waals surface area contributed by atoms with Crippen molar-refractivity contribution in [2.75, 3.05) is 64.8 Å². The molecule has 3 saturated heterocycles. The Morgan fingerprint density at radius 2 is 1.89 bits per heavy atom. The Morgan fingerprint density at radius 1 is 1.11 bits per heavy atom. The van der Waals surface area contributed by atoms with Gasteiger partial charge in [-0.05, 0) is 51.4 Å². The number of rotatable bonds is 4. The van der Waals surface area contributed by atoms with E-state index in [1.807, 2.05) is 17.0 Å². The lowest BCUT2D eigenvalue weighted by molar-refractivity contribution is 0.00158. The Labute approximate surface area is 168 Å². The highest BCUT2D eigenvalue weighted by Crippen LogP contribution is 2.20. The molecule has 0 aromatic carbocycles. The molecule has 7 nitrogen and oxygen atoms in total. The number of likely N-dealkylation sites (tertiary alicyclic amines) is 2. The van der Waals surface area contributed by atoms with Crippen molar-refractivity contribution in [2.24, 2.45) is 0 Å². The van der Waals surface area contributed by atoms with Crippen LogP contribution in [-0.4, -0.2) is 97.2 Å². The Morgan fingerprint density at radius 3 is 2.57 bits per heavy atom. The zero-order chi connectivity index (χ0) is 19.3. The fourth-order valence-corrected chi connectivity index (χ4v) is 4.66. The van der Waals surface area contributed by atoms with Crippen molar-refractivity contribution in [1.82, 2.24) is 19.7 Å². The van der Waals surface area contributed by atoms with Gasteiger partial charge in [0.25, 0.3) is 5.91 Å². The van der Waals surface area contributed by atoms with Gasteiger partial charge in [0.2, 0.25) is 0 Å². The number of pyridine rings is 1. The molecule has 4 rings (SSSR count). The molecule has 1 aromatic rings. The van der Waals surface area contributed by atoms with Gasteiger partial charge in [-0.3, -0.25) is 9.69 Å². The van der Waals surface area contributed by atoms with E-state index in [1.165, 1.54) is 19.4 Å². The second-order valence-corrected chi connectivity index (χ2v) is 8.35. The number of aromatic nitrogens is 1. The number of hydrogen-bond acceptors (Lipinski definition) is 6. The molecule has 1 N–H and O–H groups in total. The van der Waals surface area contributed by atoms with Gasteiger partial charge in [0, 0.05) is 51.0 Å². The van der Waals surface area contributed by atoms with E-state index < -0.39 is 0 Å². The lowest BCUT2D eigenvalue weighted by Crippen LogP contribution is -2.50. The average Bonchev–Trinajstić information content (AvgIpc) is 2.75. The first-order chi connectivity index (χ1) is 13.7. The maximum atomic E-state index is 12.9. The molecule has 0 radical (unpaired) electrons. The molecule has 0 spiro atoms. The Bertz CT molecular complexity index is 639. The number of nitrogens with zero attached hydrogens (tertiary/aromatic N) is 4. The maximum absolute atomic E-state index is 12.9. The fourth-order valence-electron chi connectivity index (χ4n) is 4.66. The highest BCUT2D eigenvalue weighted by molar-refractivity contribution is 5.94. The van der Waals surface area contributed by atoms with Crippen molar-refractivity contribution < 1.29 is 9.53 Å². The number of hydrogen-bond donors (Lipinski definition) is 1. The van der Waals surface area contributed by atoms with Gasteiger partial charge < -0.3 is 19.9 Å². The molecule has 0 unspecified atom stereocenters. The van der Waals surface area contributed by atoms with E-state index in [1.54, 1.807) is 6.20 Å². The minimum absolute atomic E-state index is 0.108.